The Labute approximate surface area is 70.4 Å². The van der Waals surface area contributed by atoms with E-state index in [2.05, 4.69) is 9.47 Å². The van der Waals surface area contributed by atoms with E-state index in [0.717, 1.165) is 0 Å². The summed E-state index contributed by atoms with van der Waals surface area (Å²) >= 11 is 5.19. The van der Waals surface area contributed by atoms with Crippen LogP contribution in [0.2, 0.25) is 0 Å². The van der Waals surface area contributed by atoms with Crippen molar-refractivity contribution in [2.24, 2.45) is 0 Å². The first-order valence-corrected chi connectivity index (χ1v) is 5.52. The standard InChI is InChI=1S/C5H10ClO4P/c1-3-10-4(7)5(9-2)11(6)8/h5,11H,3H2,1-2H3. The van der Waals surface area contributed by atoms with E-state index >= 15 is 0 Å². The first kappa shape index (κ1) is 11.0. The maximum Gasteiger partial charge on any atom is 0.343 e. The van der Waals surface area contributed by atoms with Gasteiger partial charge in [-0.25, -0.2) is 4.79 Å². The smallest absolute Gasteiger partial charge is 0.343 e. The Morgan fingerprint density at radius 1 is 1.73 bits per heavy atom. The van der Waals surface area contributed by atoms with Crippen LogP contribution < -0.4 is 0 Å². The van der Waals surface area contributed by atoms with Gasteiger partial charge in [0.1, 0.15) is 0 Å². The molecule has 66 valence electrons. The van der Waals surface area contributed by atoms with Crippen molar-refractivity contribution in [1.29, 1.82) is 0 Å². The molecule has 0 saturated heterocycles. The van der Waals surface area contributed by atoms with Gasteiger partial charge in [0.2, 0.25) is 5.85 Å². The molecule has 0 amide bonds. The molecule has 0 aliphatic rings. The molecule has 6 heteroatoms. The predicted octanol–water partition coefficient (Wildman–Crippen LogP) is 1.24. The summed E-state index contributed by atoms with van der Waals surface area (Å²) in [6, 6.07) is 0. The Morgan fingerprint density at radius 2 is 2.27 bits per heavy atom. The molecule has 4 nitrogen and oxygen atoms in total. The molecule has 2 unspecified atom stereocenters. The number of hydrogen-bond acceptors (Lipinski definition) is 4. The number of methoxy groups -OCH3 is 1. The maximum atomic E-state index is 10.8. The van der Waals surface area contributed by atoms with Crippen molar-refractivity contribution in [3.05, 3.63) is 0 Å². The van der Waals surface area contributed by atoms with Gasteiger partial charge in [0, 0.05) is 7.11 Å². The topological polar surface area (TPSA) is 52.6 Å². The third kappa shape index (κ3) is 3.75. The Bertz CT molecular complexity index is 161. The minimum absolute atomic E-state index is 0.227. The van der Waals surface area contributed by atoms with Crippen molar-refractivity contribution in [2.75, 3.05) is 13.7 Å². The number of halogens is 1. The average Bonchev–Trinajstić information content (AvgIpc) is 1.88. The van der Waals surface area contributed by atoms with Crippen LogP contribution in [0, 0.1) is 0 Å². The fourth-order valence-corrected chi connectivity index (χ4v) is 1.49. The van der Waals surface area contributed by atoms with E-state index in [9.17, 15) is 9.36 Å². The van der Waals surface area contributed by atoms with Gasteiger partial charge >= 0.3 is 5.97 Å². The monoisotopic (exact) mass is 200 g/mol. The fraction of sp³-hybridized carbons (Fsp3) is 0.800. The molecule has 0 fully saturated rings. The molecule has 0 aliphatic carbocycles. The number of carbonyl (C=O) groups is 1. The molecule has 0 aliphatic heterocycles. The summed E-state index contributed by atoms with van der Waals surface area (Å²) in [5.74, 6) is -1.78. The molecule has 0 aromatic carbocycles. The molecule has 0 aromatic rings. The van der Waals surface area contributed by atoms with Gasteiger partial charge in [0.05, 0.1) is 6.61 Å². The SMILES string of the molecule is CCOC(=O)C(OC)[PH](=O)Cl. The normalized spacial score (nSPS) is 15.5. The molecule has 0 aromatic heterocycles. The van der Waals surface area contributed by atoms with Crippen molar-refractivity contribution < 1.29 is 18.8 Å². The van der Waals surface area contributed by atoms with Gasteiger partial charge < -0.3 is 14.0 Å². The second-order valence-electron chi connectivity index (χ2n) is 1.67. The second-order valence-corrected chi connectivity index (χ2v) is 3.92. The van der Waals surface area contributed by atoms with E-state index in [1.807, 2.05) is 0 Å². The molecule has 0 bridgehead atoms. The molecule has 0 N–H and O–H groups in total. The van der Waals surface area contributed by atoms with Gasteiger partial charge in [-0.15, -0.1) is 0 Å². The van der Waals surface area contributed by atoms with Crippen molar-refractivity contribution in [1.82, 2.24) is 0 Å². The van der Waals surface area contributed by atoms with E-state index in [1.165, 1.54) is 7.11 Å². The number of ether oxygens (including phenoxy) is 2. The first-order chi connectivity index (χ1) is 5.13. The molecular weight excluding hydrogens is 190 g/mol. The van der Waals surface area contributed by atoms with Crippen molar-refractivity contribution in [3.8, 4) is 0 Å². The molecule has 0 heterocycles. The van der Waals surface area contributed by atoms with E-state index in [0.29, 0.717) is 0 Å². The fourth-order valence-electron chi connectivity index (χ4n) is 0.499. The molecule has 0 saturated carbocycles. The van der Waals surface area contributed by atoms with Crippen LogP contribution in [0.5, 0.6) is 0 Å². The average molecular weight is 201 g/mol. The second kappa shape index (κ2) is 5.58. The lowest BCUT2D eigenvalue weighted by Gasteiger charge is -2.08. The number of hydrogen-bond donors (Lipinski definition) is 0. The van der Waals surface area contributed by atoms with Crippen LogP contribution in [0.25, 0.3) is 0 Å². The summed E-state index contributed by atoms with van der Waals surface area (Å²) < 4.78 is 19.7. The van der Waals surface area contributed by atoms with Crippen LogP contribution in [-0.2, 0) is 18.8 Å². The molecule has 0 rings (SSSR count). The zero-order valence-electron chi connectivity index (χ0n) is 6.30. The number of esters is 1. The van der Waals surface area contributed by atoms with Gasteiger partial charge in [-0.3, -0.25) is 0 Å². The Balaban J connectivity index is 4.03. The summed E-state index contributed by atoms with van der Waals surface area (Å²) in [6.45, 7) is 1.88. The minimum atomic E-state index is -2.52. The molecular formula is C5H10ClO4P. The zero-order chi connectivity index (χ0) is 8.85. The van der Waals surface area contributed by atoms with Gasteiger partial charge in [-0.2, -0.15) is 0 Å². The summed E-state index contributed by atoms with van der Waals surface area (Å²) in [6.07, 6.45) is 0. The van der Waals surface area contributed by atoms with Crippen molar-refractivity contribution in [3.63, 3.8) is 0 Å². The van der Waals surface area contributed by atoms with Crippen LogP contribution in [0.15, 0.2) is 0 Å². The Morgan fingerprint density at radius 3 is 2.55 bits per heavy atom. The van der Waals surface area contributed by atoms with Gasteiger partial charge in [-0.05, 0) is 6.92 Å². The quantitative estimate of drug-likeness (QED) is 0.506. The lowest BCUT2D eigenvalue weighted by atomic mass is 10.7. The number of rotatable bonds is 4. The third-order valence-corrected chi connectivity index (χ3v) is 2.42. The lowest BCUT2D eigenvalue weighted by molar-refractivity contribution is -0.149. The largest absolute Gasteiger partial charge is 0.464 e. The molecule has 2 atom stereocenters. The maximum absolute atomic E-state index is 10.8. The molecule has 0 radical (unpaired) electrons. The number of carbonyl (C=O) groups excluding carboxylic acids is 1. The highest BCUT2D eigenvalue weighted by atomic mass is 35.7. The van der Waals surface area contributed by atoms with Crippen molar-refractivity contribution >= 4 is 24.4 Å². The van der Waals surface area contributed by atoms with Crippen LogP contribution in [0.3, 0.4) is 0 Å². The molecule has 0 spiro atoms. The van der Waals surface area contributed by atoms with Gasteiger partial charge in [-0.1, -0.05) is 11.2 Å². The van der Waals surface area contributed by atoms with Crippen LogP contribution in [-0.4, -0.2) is 25.5 Å². The van der Waals surface area contributed by atoms with Gasteiger partial charge in [0.25, 0.3) is 0 Å². The Kier molecular flexibility index (Phi) is 5.56. The highest BCUT2D eigenvalue weighted by Gasteiger charge is 2.23. The van der Waals surface area contributed by atoms with E-state index in [4.69, 9.17) is 11.2 Å². The summed E-state index contributed by atoms with van der Waals surface area (Å²) in [5.41, 5.74) is 0. The highest BCUT2D eigenvalue weighted by Crippen LogP contribution is 2.34. The van der Waals surface area contributed by atoms with Crippen molar-refractivity contribution in [2.45, 2.75) is 12.8 Å². The zero-order valence-corrected chi connectivity index (χ0v) is 8.05. The summed E-state index contributed by atoms with van der Waals surface area (Å²) in [5, 5.41) is 0. The first-order valence-electron chi connectivity index (χ1n) is 3.02. The van der Waals surface area contributed by atoms with Crippen LogP contribution in [0.4, 0.5) is 0 Å². The van der Waals surface area contributed by atoms with Gasteiger partial charge in [0.15, 0.2) is 7.15 Å². The van der Waals surface area contributed by atoms with Crippen LogP contribution in [0.1, 0.15) is 6.92 Å². The van der Waals surface area contributed by atoms with E-state index < -0.39 is 19.0 Å². The summed E-state index contributed by atoms with van der Waals surface area (Å²) in [7, 11) is -1.26. The van der Waals surface area contributed by atoms with E-state index in [1.54, 1.807) is 6.92 Å². The minimum Gasteiger partial charge on any atom is -0.464 e. The Hall–Kier alpha value is -0.0500. The van der Waals surface area contributed by atoms with E-state index in [-0.39, 0.29) is 6.61 Å². The lowest BCUT2D eigenvalue weighted by Crippen LogP contribution is -2.20. The molecule has 11 heavy (non-hydrogen) atoms. The highest BCUT2D eigenvalue weighted by molar-refractivity contribution is 7.74. The third-order valence-electron chi connectivity index (χ3n) is 0.943. The summed E-state index contributed by atoms with van der Waals surface area (Å²) in [4.78, 5) is 10.8. The predicted molar refractivity (Wildman–Crippen MR) is 42.3 cm³/mol. The van der Waals surface area contributed by atoms with Crippen LogP contribution >= 0.6 is 18.4 Å².